The molecule has 0 fully saturated rings. The molecule has 150 valence electrons. The van der Waals surface area contributed by atoms with E-state index in [0.717, 1.165) is 22.4 Å². The SMILES string of the molecule is Cc1ccc(C)c(NC(=O)C(=O)NC[C@H](c2ccc(N(C)C)cc2)[NH+](C)C)c1. The Balaban J connectivity index is 2.01. The first-order chi connectivity index (χ1) is 13.2. The van der Waals surface area contributed by atoms with Gasteiger partial charge < -0.3 is 20.4 Å². The quantitative estimate of drug-likeness (QED) is 0.659. The van der Waals surface area contributed by atoms with Crippen LogP contribution in [0.4, 0.5) is 11.4 Å². The Morgan fingerprint density at radius 1 is 1.00 bits per heavy atom. The van der Waals surface area contributed by atoms with E-state index < -0.39 is 11.8 Å². The van der Waals surface area contributed by atoms with Crippen LogP contribution in [0.3, 0.4) is 0 Å². The van der Waals surface area contributed by atoms with Gasteiger partial charge in [-0.1, -0.05) is 24.3 Å². The van der Waals surface area contributed by atoms with Gasteiger partial charge in [0.2, 0.25) is 0 Å². The predicted molar refractivity (Wildman–Crippen MR) is 114 cm³/mol. The Morgan fingerprint density at radius 2 is 1.64 bits per heavy atom. The molecule has 0 aromatic heterocycles. The Kier molecular flexibility index (Phi) is 7.18. The van der Waals surface area contributed by atoms with Crippen molar-refractivity contribution in [3.8, 4) is 0 Å². The number of quaternary nitrogens is 1. The van der Waals surface area contributed by atoms with Crippen LogP contribution in [0.5, 0.6) is 0 Å². The molecular weight excluding hydrogens is 352 g/mol. The molecule has 6 heteroatoms. The Bertz CT molecular complexity index is 829. The van der Waals surface area contributed by atoms with Crippen LogP contribution in [0.2, 0.25) is 0 Å². The summed E-state index contributed by atoms with van der Waals surface area (Å²) in [5, 5.41) is 5.47. The molecule has 0 heterocycles. The van der Waals surface area contributed by atoms with E-state index in [0.29, 0.717) is 12.2 Å². The highest BCUT2D eigenvalue weighted by atomic mass is 16.2. The number of benzene rings is 2. The number of carbonyl (C=O) groups is 2. The van der Waals surface area contributed by atoms with Crippen LogP contribution in [0.25, 0.3) is 0 Å². The summed E-state index contributed by atoms with van der Waals surface area (Å²) in [7, 11) is 8.07. The highest BCUT2D eigenvalue weighted by molar-refractivity contribution is 6.39. The van der Waals surface area contributed by atoms with Crippen LogP contribution in [0.15, 0.2) is 42.5 Å². The molecule has 0 aliphatic heterocycles. The molecule has 0 aliphatic carbocycles. The number of amides is 2. The maximum absolute atomic E-state index is 12.3. The number of hydrogen-bond donors (Lipinski definition) is 3. The molecule has 1 atom stereocenters. The van der Waals surface area contributed by atoms with Crippen molar-refractivity contribution in [3.05, 3.63) is 59.2 Å². The van der Waals surface area contributed by atoms with E-state index in [1.54, 1.807) is 0 Å². The third-order valence-corrected chi connectivity index (χ3v) is 4.82. The van der Waals surface area contributed by atoms with E-state index in [4.69, 9.17) is 0 Å². The standard InChI is InChI=1S/C22H30N4O2/c1-15-7-8-16(2)19(13-15)24-22(28)21(27)23-14-20(26(5)6)17-9-11-18(12-10-17)25(3)4/h7-13,20H,14H2,1-6H3,(H,23,27)(H,24,28)/p+1/t20-/m1/s1. The molecule has 0 unspecified atom stereocenters. The molecule has 0 aliphatic rings. The maximum atomic E-state index is 12.3. The molecule has 0 spiro atoms. The molecular formula is C22H31N4O2+. The van der Waals surface area contributed by atoms with Gasteiger partial charge in [0.1, 0.15) is 6.04 Å². The smallest absolute Gasteiger partial charge is 0.313 e. The number of aryl methyl sites for hydroxylation is 2. The van der Waals surface area contributed by atoms with E-state index in [-0.39, 0.29) is 6.04 Å². The second kappa shape index (κ2) is 9.37. The molecule has 6 nitrogen and oxygen atoms in total. The minimum absolute atomic E-state index is 0.0497. The first-order valence-corrected chi connectivity index (χ1v) is 9.42. The van der Waals surface area contributed by atoms with E-state index in [9.17, 15) is 9.59 Å². The highest BCUT2D eigenvalue weighted by Crippen LogP contribution is 2.17. The van der Waals surface area contributed by atoms with Gasteiger partial charge in [0.25, 0.3) is 0 Å². The third-order valence-electron chi connectivity index (χ3n) is 4.82. The summed E-state index contributed by atoms with van der Waals surface area (Å²) in [5.41, 5.74) is 4.84. The van der Waals surface area contributed by atoms with E-state index in [1.165, 1.54) is 4.90 Å². The Morgan fingerprint density at radius 3 is 2.21 bits per heavy atom. The third kappa shape index (κ3) is 5.57. The van der Waals surface area contributed by atoms with Gasteiger partial charge in [-0.15, -0.1) is 0 Å². The molecule has 3 N–H and O–H groups in total. The van der Waals surface area contributed by atoms with Crippen LogP contribution >= 0.6 is 0 Å². The monoisotopic (exact) mass is 383 g/mol. The molecule has 0 bridgehead atoms. The van der Waals surface area contributed by atoms with Gasteiger partial charge in [0.15, 0.2) is 0 Å². The zero-order valence-electron chi connectivity index (χ0n) is 17.6. The molecule has 0 saturated heterocycles. The first kappa shape index (κ1) is 21.4. The van der Waals surface area contributed by atoms with Crippen LogP contribution < -0.4 is 20.4 Å². The summed E-state index contributed by atoms with van der Waals surface area (Å²) in [4.78, 5) is 27.8. The summed E-state index contributed by atoms with van der Waals surface area (Å²) in [6.45, 7) is 4.22. The van der Waals surface area contributed by atoms with Gasteiger partial charge in [-0.3, -0.25) is 9.59 Å². The second-order valence-electron chi connectivity index (χ2n) is 7.60. The zero-order valence-corrected chi connectivity index (χ0v) is 17.6. The number of carbonyl (C=O) groups excluding carboxylic acids is 2. The number of nitrogens with one attached hydrogen (secondary N) is 3. The van der Waals surface area contributed by atoms with Gasteiger partial charge in [-0.2, -0.15) is 0 Å². The van der Waals surface area contributed by atoms with Crippen molar-refractivity contribution in [1.29, 1.82) is 0 Å². The van der Waals surface area contributed by atoms with Crippen LogP contribution in [-0.2, 0) is 9.59 Å². The minimum Gasteiger partial charge on any atom is -0.378 e. The molecule has 0 saturated carbocycles. The predicted octanol–water partition coefficient (Wildman–Crippen LogP) is 1.31. The maximum Gasteiger partial charge on any atom is 0.313 e. The van der Waals surface area contributed by atoms with Crippen molar-refractivity contribution in [2.75, 3.05) is 45.0 Å². The van der Waals surface area contributed by atoms with Crippen molar-refractivity contribution < 1.29 is 14.5 Å². The van der Waals surface area contributed by atoms with E-state index in [1.807, 2.05) is 65.1 Å². The number of nitrogens with zero attached hydrogens (tertiary/aromatic N) is 1. The summed E-state index contributed by atoms with van der Waals surface area (Å²) >= 11 is 0. The van der Waals surface area contributed by atoms with Crippen molar-refractivity contribution in [1.82, 2.24) is 5.32 Å². The Labute approximate surface area is 167 Å². The molecule has 2 rings (SSSR count). The molecule has 2 aromatic carbocycles. The van der Waals surface area contributed by atoms with Crippen molar-refractivity contribution >= 4 is 23.2 Å². The van der Waals surface area contributed by atoms with Gasteiger partial charge in [0.05, 0.1) is 20.6 Å². The minimum atomic E-state index is -0.649. The Hall–Kier alpha value is -2.86. The second-order valence-corrected chi connectivity index (χ2v) is 7.60. The highest BCUT2D eigenvalue weighted by Gasteiger charge is 2.21. The summed E-state index contributed by atoms with van der Waals surface area (Å²) in [6.07, 6.45) is 0. The van der Waals surface area contributed by atoms with Crippen LogP contribution in [0, 0.1) is 13.8 Å². The summed E-state index contributed by atoms with van der Waals surface area (Å²) in [6, 6.07) is 14.0. The van der Waals surface area contributed by atoms with Crippen molar-refractivity contribution in [3.63, 3.8) is 0 Å². The number of hydrogen-bond acceptors (Lipinski definition) is 3. The lowest BCUT2D eigenvalue weighted by Crippen LogP contribution is -3.07. The fourth-order valence-corrected chi connectivity index (χ4v) is 2.98. The largest absolute Gasteiger partial charge is 0.378 e. The van der Waals surface area contributed by atoms with Gasteiger partial charge in [0, 0.05) is 31.0 Å². The lowest BCUT2D eigenvalue weighted by atomic mass is 10.1. The normalized spacial score (nSPS) is 11.8. The zero-order chi connectivity index (χ0) is 20.8. The number of anilines is 2. The van der Waals surface area contributed by atoms with Crippen molar-refractivity contribution in [2.24, 2.45) is 0 Å². The van der Waals surface area contributed by atoms with E-state index >= 15 is 0 Å². The topological polar surface area (TPSA) is 65.9 Å². The number of likely N-dealkylation sites (N-methyl/N-ethyl adjacent to an activating group) is 1. The first-order valence-electron chi connectivity index (χ1n) is 9.42. The van der Waals surface area contributed by atoms with Gasteiger partial charge in [-0.05, 0) is 43.2 Å². The lowest BCUT2D eigenvalue weighted by molar-refractivity contribution is -0.890. The lowest BCUT2D eigenvalue weighted by Gasteiger charge is -2.23. The van der Waals surface area contributed by atoms with Gasteiger partial charge in [-0.25, -0.2) is 0 Å². The molecule has 2 aromatic rings. The average Bonchev–Trinajstić information content (AvgIpc) is 2.64. The molecule has 0 radical (unpaired) electrons. The summed E-state index contributed by atoms with van der Waals surface area (Å²) < 4.78 is 0. The average molecular weight is 384 g/mol. The van der Waals surface area contributed by atoms with Crippen LogP contribution in [-0.4, -0.2) is 46.5 Å². The van der Waals surface area contributed by atoms with Crippen molar-refractivity contribution in [2.45, 2.75) is 19.9 Å². The molecule has 2 amide bonds. The fraction of sp³-hybridized carbons (Fsp3) is 0.364. The summed E-state index contributed by atoms with van der Waals surface area (Å²) in [5.74, 6) is -1.28. The van der Waals surface area contributed by atoms with E-state index in [2.05, 4.69) is 34.9 Å². The fourth-order valence-electron chi connectivity index (χ4n) is 2.98. The molecule has 28 heavy (non-hydrogen) atoms. The van der Waals surface area contributed by atoms with Crippen LogP contribution in [0.1, 0.15) is 22.7 Å². The number of rotatable bonds is 6. The van der Waals surface area contributed by atoms with Gasteiger partial charge >= 0.3 is 11.8 Å².